The Morgan fingerprint density at radius 2 is 1.76 bits per heavy atom. The molecule has 0 N–H and O–H groups in total. The molecule has 158 valence electrons. The fourth-order valence-corrected chi connectivity index (χ4v) is 4.55. The van der Waals surface area contributed by atoms with E-state index in [9.17, 15) is 9.59 Å². The maximum Gasteiger partial charge on any atom is 0.410 e. The SMILES string of the molecule is CCOC(=O)/C=C/CC1CCC2(CC1)CCN(C(=O)OCc1ccccc1)CC2. The van der Waals surface area contributed by atoms with Gasteiger partial charge in [0.15, 0.2) is 0 Å². The lowest BCUT2D eigenvalue weighted by Gasteiger charge is -2.45. The van der Waals surface area contributed by atoms with E-state index >= 15 is 0 Å². The number of hydrogen-bond acceptors (Lipinski definition) is 4. The normalized spacial score (nSPS) is 19.4. The summed E-state index contributed by atoms with van der Waals surface area (Å²) in [5.41, 5.74) is 1.40. The average Bonchev–Trinajstić information content (AvgIpc) is 2.75. The number of piperidine rings is 1. The van der Waals surface area contributed by atoms with Gasteiger partial charge in [0.2, 0.25) is 0 Å². The number of carbonyl (C=O) groups excluding carboxylic acids is 2. The summed E-state index contributed by atoms with van der Waals surface area (Å²) in [7, 11) is 0. The maximum atomic E-state index is 12.4. The van der Waals surface area contributed by atoms with Gasteiger partial charge in [0, 0.05) is 19.2 Å². The van der Waals surface area contributed by atoms with Crippen molar-refractivity contribution in [1.82, 2.24) is 4.90 Å². The van der Waals surface area contributed by atoms with Gasteiger partial charge in [-0.15, -0.1) is 0 Å². The number of ether oxygens (including phenoxy) is 2. The molecule has 1 aliphatic heterocycles. The van der Waals surface area contributed by atoms with Gasteiger partial charge in [-0.25, -0.2) is 9.59 Å². The molecular formula is C24H33NO4. The summed E-state index contributed by atoms with van der Waals surface area (Å²) in [6.07, 6.45) is 11.3. The number of likely N-dealkylation sites (tertiary alicyclic amines) is 1. The molecule has 5 heteroatoms. The zero-order chi connectivity index (χ0) is 20.5. The largest absolute Gasteiger partial charge is 0.463 e. The van der Waals surface area contributed by atoms with Crippen LogP contribution in [0.15, 0.2) is 42.5 Å². The van der Waals surface area contributed by atoms with E-state index in [-0.39, 0.29) is 12.1 Å². The number of rotatable bonds is 6. The van der Waals surface area contributed by atoms with Crippen LogP contribution in [0, 0.1) is 11.3 Å². The maximum absolute atomic E-state index is 12.4. The highest BCUT2D eigenvalue weighted by atomic mass is 16.6. The first-order valence-corrected chi connectivity index (χ1v) is 10.9. The highest BCUT2D eigenvalue weighted by molar-refractivity contribution is 5.81. The molecule has 0 atom stereocenters. The minimum Gasteiger partial charge on any atom is -0.463 e. The molecule has 29 heavy (non-hydrogen) atoms. The van der Waals surface area contributed by atoms with Crippen molar-refractivity contribution in [2.24, 2.45) is 11.3 Å². The van der Waals surface area contributed by atoms with Crippen molar-refractivity contribution in [3.05, 3.63) is 48.0 Å². The van der Waals surface area contributed by atoms with Crippen molar-refractivity contribution in [1.29, 1.82) is 0 Å². The summed E-state index contributed by atoms with van der Waals surface area (Å²) in [5, 5.41) is 0. The molecule has 1 amide bonds. The first kappa shape index (κ1) is 21.4. The molecule has 2 fully saturated rings. The molecule has 1 aromatic carbocycles. The first-order chi connectivity index (χ1) is 14.1. The van der Waals surface area contributed by atoms with E-state index in [1.165, 1.54) is 25.7 Å². The van der Waals surface area contributed by atoms with E-state index in [1.54, 1.807) is 6.08 Å². The minimum atomic E-state index is -0.244. The Morgan fingerprint density at radius 3 is 2.41 bits per heavy atom. The third kappa shape index (κ3) is 6.34. The third-order valence-electron chi connectivity index (χ3n) is 6.46. The summed E-state index contributed by atoms with van der Waals surface area (Å²) in [4.78, 5) is 25.6. The zero-order valence-electron chi connectivity index (χ0n) is 17.5. The van der Waals surface area contributed by atoms with E-state index in [4.69, 9.17) is 9.47 Å². The van der Waals surface area contributed by atoms with Gasteiger partial charge in [-0.3, -0.25) is 0 Å². The molecule has 0 bridgehead atoms. The predicted molar refractivity (Wildman–Crippen MR) is 112 cm³/mol. The van der Waals surface area contributed by atoms with Crippen molar-refractivity contribution < 1.29 is 19.1 Å². The lowest BCUT2D eigenvalue weighted by Crippen LogP contribution is -2.44. The van der Waals surface area contributed by atoms with Crippen LogP contribution < -0.4 is 0 Å². The van der Waals surface area contributed by atoms with Crippen LogP contribution in [0.2, 0.25) is 0 Å². The average molecular weight is 400 g/mol. The molecule has 1 spiro atoms. The molecule has 1 aromatic rings. The summed E-state index contributed by atoms with van der Waals surface area (Å²) in [5.74, 6) is 0.409. The lowest BCUT2D eigenvalue weighted by molar-refractivity contribution is -0.137. The van der Waals surface area contributed by atoms with E-state index < -0.39 is 0 Å². The van der Waals surface area contributed by atoms with Crippen LogP contribution in [0.1, 0.15) is 57.4 Å². The van der Waals surface area contributed by atoms with Crippen LogP contribution in [0.5, 0.6) is 0 Å². The molecule has 1 saturated carbocycles. The summed E-state index contributed by atoms with van der Waals surface area (Å²) in [6, 6.07) is 9.81. The summed E-state index contributed by atoms with van der Waals surface area (Å²) >= 11 is 0. The number of carbonyl (C=O) groups is 2. The van der Waals surface area contributed by atoms with Crippen molar-refractivity contribution in [3.8, 4) is 0 Å². The van der Waals surface area contributed by atoms with Gasteiger partial charge in [-0.1, -0.05) is 36.4 Å². The Hall–Kier alpha value is -2.30. The van der Waals surface area contributed by atoms with Crippen LogP contribution in [-0.2, 0) is 20.9 Å². The fraction of sp³-hybridized carbons (Fsp3) is 0.583. The van der Waals surface area contributed by atoms with Gasteiger partial charge in [-0.05, 0) is 68.8 Å². The summed E-state index contributed by atoms with van der Waals surface area (Å²) < 4.78 is 10.4. The second-order valence-corrected chi connectivity index (χ2v) is 8.36. The standard InChI is InChI=1S/C24H33NO4/c1-2-28-22(26)10-6-9-20-11-13-24(14-12-20)15-17-25(18-16-24)23(27)29-19-21-7-4-3-5-8-21/h3-8,10,20H,2,9,11-19H2,1H3/b10-6+. The van der Waals surface area contributed by atoms with Gasteiger partial charge in [0.1, 0.15) is 6.61 Å². The Balaban J connectivity index is 1.37. The van der Waals surface area contributed by atoms with Gasteiger partial charge in [-0.2, -0.15) is 0 Å². The molecule has 3 rings (SSSR count). The molecule has 2 aliphatic rings. The topological polar surface area (TPSA) is 55.8 Å². The number of benzene rings is 1. The molecule has 1 saturated heterocycles. The molecule has 1 heterocycles. The van der Waals surface area contributed by atoms with Crippen LogP contribution >= 0.6 is 0 Å². The number of esters is 1. The Bertz CT molecular complexity index is 682. The minimum absolute atomic E-state index is 0.193. The van der Waals surface area contributed by atoms with E-state index in [2.05, 4.69) is 0 Å². The van der Waals surface area contributed by atoms with Gasteiger partial charge in [0.05, 0.1) is 6.61 Å². The van der Waals surface area contributed by atoms with Crippen LogP contribution in [0.4, 0.5) is 4.79 Å². The molecule has 5 nitrogen and oxygen atoms in total. The van der Waals surface area contributed by atoms with E-state index in [0.717, 1.165) is 37.9 Å². The highest BCUT2D eigenvalue weighted by Gasteiger charge is 2.39. The quantitative estimate of drug-likeness (QED) is 0.493. The monoisotopic (exact) mass is 399 g/mol. The smallest absolute Gasteiger partial charge is 0.410 e. The van der Waals surface area contributed by atoms with Crippen molar-refractivity contribution in [3.63, 3.8) is 0 Å². The lowest BCUT2D eigenvalue weighted by atomic mass is 9.65. The van der Waals surface area contributed by atoms with Crippen molar-refractivity contribution in [2.45, 2.75) is 58.5 Å². The Kier molecular flexibility index (Phi) is 7.73. The molecule has 0 radical (unpaired) electrons. The molecule has 1 aliphatic carbocycles. The van der Waals surface area contributed by atoms with Crippen LogP contribution in [0.3, 0.4) is 0 Å². The number of hydrogen-bond donors (Lipinski definition) is 0. The van der Waals surface area contributed by atoms with Gasteiger partial charge >= 0.3 is 12.1 Å². The predicted octanol–water partition coefficient (Wildman–Crippen LogP) is 5.11. The number of allylic oxidation sites excluding steroid dienone is 1. The van der Waals surface area contributed by atoms with E-state index in [1.807, 2.05) is 48.2 Å². The van der Waals surface area contributed by atoms with Crippen LogP contribution in [-0.4, -0.2) is 36.7 Å². The molecule has 0 unspecified atom stereocenters. The molecule has 0 aromatic heterocycles. The van der Waals surface area contributed by atoms with Crippen molar-refractivity contribution >= 4 is 12.1 Å². The van der Waals surface area contributed by atoms with E-state index in [0.29, 0.717) is 24.5 Å². The second-order valence-electron chi connectivity index (χ2n) is 8.36. The number of nitrogens with zero attached hydrogens (tertiary/aromatic N) is 1. The van der Waals surface area contributed by atoms with Gasteiger partial charge in [0.25, 0.3) is 0 Å². The van der Waals surface area contributed by atoms with Gasteiger partial charge < -0.3 is 14.4 Å². The molecular weight excluding hydrogens is 366 g/mol. The second kappa shape index (κ2) is 10.5. The number of amides is 1. The first-order valence-electron chi connectivity index (χ1n) is 10.9. The highest BCUT2D eigenvalue weighted by Crippen LogP contribution is 2.47. The van der Waals surface area contributed by atoms with Crippen molar-refractivity contribution in [2.75, 3.05) is 19.7 Å². The summed E-state index contributed by atoms with van der Waals surface area (Å²) in [6.45, 7) is 4.16. The fourth-order valence-electron chi connectivity index (χ4n) is 4.55. The zero-order valence-corrected chi connectivity index (χ0v) is 17.5. The Labute approximate surface area is 174 Å². The third-order valence-corrected chi connectivity index (χ3v) is 6.46. The van der Waals surface area contributed by atoms with Crippen LogP contribution in [0.25, 0.3) is 0 Å². The Morgan fingerprint density at radius 1 is 1.07 bits per heavy atom.